The number of aliphatic carboxylic acids is 1. The lowest BCUT2D eigenvalue weighted by molar-refractivity contribution is -0.143. The molecule has 3 aromatic rings. The summed E-state index contributed by atoms with van der Waals surface area (Å²) in [5, 5.41) is 9.71. The molecule has 37 heavy (non-hydrogen) atoms. The second-order valence-electron chi connectivity index (χ2n) is 10.1. The van der Waals surface area contributed by atoms with Crippen molar-refractivity contribution < 1.29 is 28.6 Å². The number of carboxylic acids is 1. The summed E-state index contributed by atoms with van der Waals surface area (Å²) in [6.07, 6.45) is 4.37. The van der Waals surface area contributed by atoms with Crippen LogP contribution >= 0.6 is 0 Å². The molecule has 2 heterocycles. The number of amides is 1. The fourth-order valence-electron chi connectivity index (χ4n) is 5.98. The van der Waals surface area contributed by atoms with E-state index < -0.39 is 23.8 Å². The molecular weight excluding hydrogens is 477 g/mol. The molecule has 1 unspecified atom stereocenters. The molecule has 1 aliphatic heterocycles. The van der Waals surface area contributed by atoms with Crippen molar-refractivity contribution in [3.8, 4) is 5.75 Å². The maximum Gasteiger partial charge on any atom is 0.414 e. The van der Waals surface area contributed by atoms with Crippen molar-refractivity contribution in [1.29, 1.82) is 0 Å². The molecule has 1 N–H and O–H groups in total. The van der Waals surface area contributed by atoms with Crippen LogP contribution < -0.4 is 9.64 Å². The van der Waals surface area contributed by atoms with Gasteiger partial charge in [-0.3, -0.25) is 9.69 Å². The second kappa shape index (κ2) is 10.0. The smallest absolute Gasteiger partial charge is 0.414 e. The Morgan fingerprint density at radius 3 is 2.68 bits per heavy atom. The topological polar surface area (TPSA) is 93.9 Å². The lowest BCUT2D eigenvalue weighted by atomic mass is 9.85. The van der Waals surface area contributed by atoms with Crippen LogP contribution in [0, 0.1) is 11.7 Å². The third kappa shape index (κ3) is 4.51. The molecule has 2 aromatic carbocycles. The minimum absolute atomic E-state index is 0.00380. The first-order valence-corrected chi connectivity index (χ1v) is 12.8. The van der Waals surface area contributed by atoms with Crippen LogP contribution in [0.1, 0.15) is 62.0 Å². The second-order valence-corrected chi connectivity index (χ2v) is 10.1. The van der Waals surface area contributed by atoms with E-state index in [2.05, 4.69) is 4.57 Å². The first-order chi connectivity index (χ1) is 17.8. The average molecular weight is 510 g/mol. The molecule has 196 valence electrons. The van der Waals surface area contributed by atoms with Crippen molar-refractivity contribution in [1.82, 2.24) is 9.55 Å². The summed E-state index contributed by atoms with van der Waals surface area (Å²) in [4.78, 5) is 31.2. The Balaban J connectivity index is 1.64. The molecule has 1 aliphatic carbocycles. The number of rotatable bonds is 5. The highest BCUT2D eigenvalue weighted by Crippen LogP contribution is 2.41. The Kier molecular flexibility index (Phi) is 6.79. The fourth-order valence-corrected chi connectivity index (χ4v) is 5.98. The maximum absolute atomic E-state index is 14.5. The minimum atomic E-state index is -0.770. The van der Waals surface area contributed by atoms with Crippen LogP contribution in [0.15, 0.2) is 30.3 Å². The van der Waals surface area contributed by atoms with Gasteiger partial charge >= 0.3 is 12.1 Å². The van der Waals surface area contributed by atoms with Crippen molar-refractivity contribution in [3.05, 3.63) is 53.1 Å². The number of halogens is 1. The molecule has 0 spiro atoms. The predicted molar refractivity (Wildman–Crippen MR) is 137 cm³/mol. The number of carboxylic acid groups (broad SMARTS) is 1. The van der Waals surface area contributed by atoms with E-state index in [-0.39, 0.29) is 17.8 Å². The van der Waals surface area contributed by atoms with E-state index in [1.165, 1.54) is 20.3 Å². The molecule has 1 fully saturated rings. The lowest BCUT2D eigenvalue weighted by Gasteiger charge is -2.34. The van der Waals surface area contributed by atoms with Crippen LogP contribution in [-0.2, 0) is 22.4 Å². The SMILES string of the molecule is COC(=O)N1c2ccc3c(nc(Cc4ccc(OC)c(F)c4)n3[C@@H]3CCC[C@@H](C(=O)O)C3)c2CCC1C. The number of aryl methyl sites for hydroxylation is 1. The lowest BCUT2D eigenvalue weighted by Crippen LogP contribution is -2.42. The van der Waals surface area contributed by atoms with Crippen LogP contribution in [0.2, 0.25) is 0 Å². The Labute approximate surface area is 215 Å². The molecule has 1 amide bonds. The number of methoxy groups -OCH3 is 2. The van der Waals surface area contributed by atoms with E-state index in [1.807, 2.05) is 25.1 Å². The van der Waals surface area contributed by atoms with Gasteiger partial charge in [0.25, 0.3) is 0 Å². The van der Waals surface area contributed by atoms with Crippen molar-refractivity contribution in [3.63, 3.8) is 0 Å². The third-order valence-corrected chi connectivity index (χ3v) is 7.84. The Bertz CT molecular complexity index is 1350. The van der Waals surface area contributed by atoms with Gasteiger partial charge < -0.3 is 19.1 Å². The molecule has 5 rings (SSSR count). The highest BCUT2D eigenvalue weighted by Gasteiger charge is 2.34. The number of aromatic nitrogens is 2. The molecule has 1 aromatic heterocycles. The number of imidazole rings is 1. The summed E-state index contributed by atoms with van der Waals surface area (Å²) >= 11 is 0. The predicted octanol–water partition coefficient (Wildman–Crippen LogP) is 5.50. The molecule has 9 heteroatoms. The maximum atomic E-state index is 14.5. The Hall–Kier alpha value is -3.62. The molecule has 8 nitrogen and oxygen atoms in total. The van der Waals surface area contributed by atoms with E-state index in [0.717, 1.165) is 59.4 Å². The number of nitrogens with zero attached hydrogens (tertiary/aromatic N) is 3. The van der Waals surface area contributed by atoms with Gasteiger partial charge in [-0.1, -0.05) is 12.5 Å². The van der Waals surface area contributed by atoms with Crippen LogP contribution in [0.25, 0.3) is 11.0 Å². The van der Waals surface area contributed by atoms with E-state index in [9.17, 15) is 19.1 Å². The van der Waals surface area contributed by atoms with Gasteiger partial charge in [0.05, 0.1) is 36.9 Å². The molecule has 2 aliphatic rings. The van der Waals surface area contributed by atoms with Crippen molar-refractivity contribution >= 4 is 28.8 Å². The number of ether oxygens (including phenoxy) is 2. The van der Waals surface area contributed by atoms with Crippen molar-refractivity contribution in [2.75, 3.05) is 19.1 Å². The van der Waals surface area contributed by atoms with Gasteiger partial charge in [0.1, 0.15) is 5.82 Å². The summed E-state index contributed by atoms with van der Waals surface area (Å²) in [6, 6.07) is 8.76. The van der Waals surface area contributed by atoms with Gasteiger partial charge in [0.15, 0.2) is 11.6 Å². The zero-order valence-electron chi connectivity index (χ0n) is 21.4. The summed E-state index contributed by atoms with van der Waals surface area (Å²) in [5.41, 5.74) is 4.24. The number of carbonyl (C=O) groups excluding carboxylic acids is 1. The summed E-state index contributed by atoms with van der Waals surface area (Å²) in [5.74, 6) is -0.678. The van der Waals surface area contributed by atoms with Crippen LogP contribution in [0.4, 0.5) is 14.9 Å². The first kappa shape index (κ1) is 25.0. The highest BCUT2D eigenvalue weighted by atomic mass is 19.1. The number of anilines is 1. The normalized spacial score (nSPS) is 21.5. The summed E-state index contributed by atoms with van der Waals surface area (Å²) in [6.45, 7) is 2.00. The van der Waals surface area contributed by atoms with Crippen molar-refractivity contribution in [2.45, 2.75) is 64.0 Å². The zero-order chi connectivity index (χ0) is 26.3. The molecule has 0 saturated heterocycles. The van der Waals surface area contributed by atoms with Gasteiger partial charge in [0.2, 0.25) is 0 Å². The third-order valence-electron chi connectivity index (χ3n) is 7.84. The molecule has 1 saturated carbocycles. The van der Waals surface area contributed by atoms with E-state index >= 15 is 0 Å². The average Bonchev–Trinajstić information content (AvgIpc) is 3.26. The molecule has 0 radical (unpaired) electrons. The first-order valence-electron chi connectivity index (χ1n) is 12.8. The van der Waals surface area contributed by atoms with E-state index in [4.69, 9.17) is 14.5 Å². The van der Waals surface area contributed by atoms with E-state index in [0.29, 0.717) is 19.3 Å². The van der Waals surface area contributed by atoms with Gasteiger partial charge in [-0.15, -0.1) is 0 Å². The van der Waals surface area contributed by atoms with Crippen molar-refractivity contribution in [2.24, 2.45) is 5.92 Å². The largest absolute Gasteiger partial charge is 0.494 e. The van der Waals surface area contributed by atoms with E-state index in [1.54, 1.807) is 11.0 Å². The number of carbonyl (C=O) groups is 2. The Morgan fingerprint density at radius 1 is 1.16 bits per heavy atom. The molecule has 3 atom stereocenters. The molecular formula is C28H32FN3O5. The van der Waals surface area contributed by atoms with Gasteiger partial charge in [-0.2, -0.15) is 0 Å². The number of hydrogen-bond acceptors (Lipinski definition) is 5. The quantitative estimate of drug-likeness (QED) is 0.488. The highest BCUT2D eigenvalue weighted by molar-refractivity contribution is 5.95. The van der Waals surface area contributed by atoms with Crippen LogP contribution in [-0.4, -0.2) is 47.0 Å². The van der Waals surface area contributed by atoms with Crippen LogP contribution in [0.3, 0.4) is 0 Å². The van der Waals surface area contributed by atoms with Gasteiger partial charge in [-0.25, -0.2) is 14.2 Å². The zero-order valence-corrected chi connectivity index (χ0v) is 21.4. The minimum Gasteiger partial charge on any atom is -0.494 e. The number of fused-ring (bicyclic) bond motifs is 3. The summed E-state index contributed by atoms with van der Waals surface area (Å²) in [7, 11) is 2.81. The number of hydrogen-bond donors (Lipinski definition) is 1. The monoisotopic (exact) mass is 509 g/mol. The Morgan fingerprint density at radius 2 is 1.97 bits per heavy atom. The van der Waals surface area contributed by atoms with Gasteiger partial charge in [0, 0.05) is 24.1 Å². The van der Waals surface area contributed by atoms with Gasteiger partial charge in [-0.05, 0) is 68.9 Å². The summed E-state index contributed by atoms with van der Waals surface area (Å²) < 4.78 is 26.8. The molecule has 0 bridgehead atoms. The van der Waals surface area contributed by atoms with Crippen LogP contribution in [0.5, 0.6) is 5.75 Å². The standard InChI is InChI=1S/C28H32FN3O5/c1-16-7-9-20-22(31(16)28(35)37-3)10-11-23-26(20)30-25(14-17-8-12-24(36-2)21(29)13-17)32(23)19-6-4-5-18(15-19)27(33)34/h8,10-13,16,18-19H,4-7,9,14-15H2,1-3H3,(H,33,34)/t16?,18-,19-/m1/s1. The number of benzene rings is 2. The fraction of sp³-hybridized carbons (Fsp3) is 0.464.